The SMILES string of the molecule is C[N+]1(Cc2cccc(-c3cccc(CNC(=O)c4ccc5c(c4)OCO5)c3)c2)CCNC(=O)C1.O=C([O-])C(F)(F)F. The summed E-state index contributed by atoms with van der Waals surface area (Å²) in [6.45, 7) is 3.56. The van der Waals surface area contributed by atoms with Gasteiger partial charge in [0.15, 0.2) is 18.0 Å². The number of piperazine rings is 1. The topological polar surface area (TPSA) is 117 Å². The number of alkyl halides is 3. The second-order valence-corrected chi connectivity index (χ2v) is 9.95. The molecule has 216 valence electrons. The van der Waals surface area contributed by atoms with Crippen LogP contribution in [0.1, 0.15) is 21.5 Å². The summed E-state index contributed by atoms with van der Waals surface area (Å²) in [7, 11) is 2.13. The van der Waals surface area contributed by atoms with Gasteiger partial charge in [0.1, 0.15) is 12.5 Å². The summed E-state index contributed by atoms with van der Waals surface area (Å²) in [5.74, 6) is -1.80. The van der Waals surface area contributed by atoms with Gasteiger partial charge in [-0.2, -0.15) is 13.2 Å². The van der Waals surface area contributed by atoms with Crippen molar-refractivity contribution in [2.45, 2.75) is 19.3 Å². The van der Waals surface area contributed by atoms with E-state index in [4.69, 9.17) is 19.4 Å². The minimum absolute atomic E-state index is 0.111. The third-order valence-corrected chi connectivity index (χ3v) is 6.57. The number of fused-ring (bicyclic) bond motifs is 1. The van der Waals surface area contributed by atoms with Crippen molar-refractivity contribution in [1.82, 2.24) is 10.6 Å². The summed E-state index contributed by atoms with van der Waals surface area (Å²) in [5, 5.41) is 14.7. The number of nitrogens with one attached hydrogen (secondary N) is 2. The van der Waals surface area contributed by atoms with Gasteiger partial charge in [0.05, 0.1) is 20.1 Å². The number of quaternary nitrogens is 1. The van der Waals surface area contributed by atoms with Gasteiger partial charge >= 0.3 is 6.18 Å². The number of carbonyl (C=O) groups is 3. The fourth-order valence-corrected chi connectivity index (χ4v) is 4.55. The van der Waals surface area contributed by atoms with Crippen molar-refractivity contribution < 1.29 is 46.6 Å². The molecule has 2 aliphatic heterocycles. The molecule has 1 saturated heterocycles. The third-order valence-electron chi connectivity index (χ3n) is 6.57. The first-order valence-corrected chi connectivity index (χ1v) is 12.7. The van der Waals surface area contributed by atoms with Gasteiger partial charge in [0, 0.05) is 17.7 Å². The Morgan fingerprint density at radius 2 is 1.61 bits per heavy atom. The van der Waals surface area contributed by atoms with E-state index in [9.17, 15) is 22.8 Å². The van der Waals surface area contributed by atoms with E-state index < -0.39 is 12.1 Å². The van der Waals surface area contributed by atoms with Crippen molar-refractivity contribution in [2.75, 3.05) is 33.5 Å². The smallest absolute Gasteiger partial charge is 0.430 e. The molecule has 3 aromatic rings. The van der Waals surface area contributed by atoms with Crippen LogP contribution in [0.5, 0.6) is 11.5 Å². The summed E-state index contributed by atoms with van der Waals surface area (Å²) in [6, 6.07) is 21.9. The summed E-state index contributed by atoms with van der Waals surface area (Å²) in [4.78, 5) is 33.3. The fourth-order valence-electron chi connectivity index (χ4n) is 4.55. The van der Waals surface area contributed by atoms with E-state index in [0.717, 1.165) is 36.3 Å². The standard InChI is InChI=1S/C27H27N3O4.C2HF3O2/c1-30(11-10-28-26(31)17-30)16-20-5-3-7-22(13-20)21-6-2-4-19(12-21)15-29-27(32)23-8-9-24-25(14-23)34-18-33-24;3-2(4,5)1(6)7/h2-9,12-14H,10-11,15-18H2,1H3,(H-,28,29,31,32);(H,6,7). The van der Waals surface area contributed by atoms with Gasteiger partial charge in [-0.1, -0.05) is 36.4 Å². The van der Waals surface area contributed by atoms with E-state index in [2.05, 4.69) is 54.1 Å². The van der Waals surface area contributed by atoms with Gasteiger partial charge in [-0.05, 0) is 47.0 Å². The van der Waals surface area contributed by atoms with Crippen LogP contribution in [0.3, 0.4) is 0 Å². The zero-order chi connectivity index (χ0) is 29.6. The summed E-state index contributed by atoms with van der Waals surface area (Å²) in [5.41, 5.74) is 4.97. The number of halogens is 3. The molecule has 0 aromatic heterocycles. The Labute approximate surface area is 234 Å². The number of carbonyl (C=O) groups excluding carboxylic acids is 3. The number of nitrogens with zero attached hydrogens (tertiary/aromatic N) is 1. The first-order valence-electron chi connectivity index (χ1n) is 12.7. The molecule has 3 aromatic carbocycles. The lowest BCUT2D eigenvalue weighted by Crippen LogP contribution is -2.57. The number of amides is 2. The van der Waals surface area contributed by atoms with Crippen LogP contribution in [-0.2, 0) is 22.7 Å². The number of carboxylic acid groups (broad SMARTS) is 1. The number of likely N-dealkylation sites (N-methyl/N-ethyl adjacent to an activating group) is 1. The van der Waals surface area contributed by atoms with Gasteiger partial charge in [-0.15, -0.1) is 0 Å². The van der Waals surface area contributed by atoms with E-state index in [0.29, 0.717) is 34.6 Å². The van der Waals surface area contributed by atoms with Crippen molar-refractivity contribution in [3.05, 3.63) is 83.4 Å². The number of ether oxygens (including phenoxy) is 2. The molecular formula is C29H28F3N3O6. The number of hydrogen-bond donors (Lipinski definition) is 2. The van der Waals surface area contributed by atoms with E-state index in [1.807, 2.05) is 12.1 Å². The number of rotatable bonds is 6. The number of benzene rings is 3. The number of carboxylic acids is 1. The van der Waals surface area contributed by atoms with Gasteiger partial charge in [-0.3, -0.25) is 9.59 Å². The zero-order valence-corrected chi connectivity index (χ0v) is 22.1. The molecule has 1 fully saturated rings. The second kappa shape index (κ2) is 12.3. The number of aliphatic carboxylic acids is 1. The molecule has 41 heavy (non-hydrogen) atoms. The molecule has 1 atom stereocenters. The summed E-state index contributed by atoms with van der Waals surface area (Å²) >= 11 is 0. The Morgan fingerprint density at radius 1 is 0.976 bits per heavy atom. The summed E-state index contributed by atoms with van der Waals surface area (Å²) < 4.78 is 42.9. The van der Waals surface area contributed by atoms with Crippen LogP contribution in [0.4, 0.5) is 13.2 Å². The number of hydrogen-bond acceptors (Lipinski definition) is 6. The van der Waals surface area contributed by atoms with Crippen LogP contribution < -0.4 is 25.2 Å². The highest BCUT2D eigenvalue weighted by atomic mass is 19.4. The van der Waals surface area contributed by atoms with Crippen LogP contribution in [0.15, 0.2) is 66.7 Å². The Morgan fingerprint density at radius 3 is 2.27 bits per heavy atom. The predicted octanol–water partition coefficient (Wildman–Crippen LogP) is 2.39. The molecule has 2 N–H and O–H groups in total. The molecule has 0 spiro atoms. The Bertz CT molecular complexity index is 1450. The largest absolute Gasteiger partial charge is 0.542 e. The van der Waals surface area contributed by atoms with Crippen molar-refractivity contribution in [3.8, 4) is 22.6 Å². The Balaban J connectivity index is 0.000000493. The second-order valence-electron chi connectivity index (χ2n) is 9.95. The van der Waals surface area contributed by atoms with Crippen LogP contribution in [0.2, 0.25) is 0 Å². The van der Waals surface area contributed by atoms with Crippen LogP contribution in [-0.4, -0.2) is 61.9 Å². The lowest BCUT2D eigenvalue weighted by Gasteiger charge is -2.37. The van der Waals surface area contributed by atoms with Crippen molar-refractivity contribution in [2.24, 2.45) is 0 Å². The maximum atomic E-state index is 12.6. The first-order chi connectivity index (χ1) is 19.4. The highest BCUT2D eigenvalue weighted by Crippen LogP contribution is 2.32. The quantitative estimate of drug-likeness (QED) is 0.439. The highest BCUT2D eigenvalue weighted by Gasteiger charge is 2.30. The fraction of sp³-hybridized carbons (Fsp3) is 0.276. The molecule has 0 saturated carbocycles. The van der Waals surface area contributed by atoms with Crippen molar-refractivity contribution >= 4 is 17.8 Å². The van der Waals surface area contributed by atoms with Crippen LogP contribution in [0.25, 0.3) is 11.1 Å². The normalized spacial score (nSPS) is 17.6. The lowest BCUT2D eigenvalue weighted by atomic mass is 10.0. The van der Waals surface area contributed by atoms with Crippen LogP contribution in [0, 0.1) is 0 Å². The van der Waals surface area contributed by atoms with Crippen molar-refractivity contribution in [3.63, 3.8) is 0 Å². The molecule has 12 heteroatoms. The van der Waals surface area contributed by atoms with Crippen LogP contribution >= 0.6 is 0 Å². The lowest BCUT2D eigenvalue weighted by molar-refractivity contribution is -0.916. The molecule has 9 nitrogen and oxygen atoms in total. The maximum Gasteiger partial charge on any atom is 0.430 e. The molecular weight excluding hydrogens is 543 g/mol. The minimum atomic E-state index is -5.19. The Hall–Kier alpha value is -4.58. The van der Waals surface area contributed by atoms with Gasteiger partial charge in [0.2, 0.25) is 6.79 Å². The monoisotopic (exact) mass is 571 g/mol. The van der Waals surface area contributed by atoms with Crippen molar-refractivity contribution in [1.29, 1.82) is 0 Å². The van der Waals surface area contributed by atoms with Gasteiger partial charge in [0.25, 0.3) is 11.8 Å². The average molecular weight is 572 g/mol. The molecule has 0 bridgehead atoms. The molecule has 0 radical (unpaired) electrons. The van der Waals surface area contributed by atoms with E-state index in [1.165, 1.54) is 5.56 Å². The molecule has 0 aliphatic carbocycles. The minimum Gasteiger partial charge on any atom is -0.542 e. The van der Waals surface area contributed by atoms with E-state index in [1.54, 1.807) is 18.2 Å². The molecule has 2 amide bonds. The third kappa shape index (κ3) is 7.98. The van der Waals surface area contributed by atoms with Gasteiger partial charge < -0.3 is 34.5 Å². The Kier molecular flexibility index (Phi) is 8.82. The molecule has 1 unspecified atom stereocenters. The van der Waals surface area contributed by atoms with E-state index in [-0.39, 0.29) is 18.6 Å². The molecule has 2 aliphatic rings. The van der Waals surface area contributed by atoms with E-state index >= 15 is 0 Å². The highest BCUT2D eigenvalue weighted by molar-refractivity contribution is 5.94. The average Bonchev–Trinajstić information content (AvgIpc) is 3.39. The molecule has 2 heterocycles. The van der Waals surface area contributed by atoms with Gasteiger partial charge in [-0.25, -0.2) is 0 Å². The maximum absolute atomic E-state index is 12.6. The zero-order valence-electron chi connectivity index (χ0n) is 22.1. The first kappa shape index (κ1) is 29.4. The molecule has 5 rings (SSSR count). The predicted molar refractivity (Wildman–Crippen MR) is 139 cm³/mol. The summed E-state index contributed by atoms with van der Waals surface area (Å²) in [6.07, 6.45) is -5.19.